The predicted octanol–water partition coefficient (Wildman–Crippen LogP) is -0.179. The first-order chi connectivity index (χ1) is 6.16. The molecule has 0 aliphatic rings. The van der Waals surface area contributed by atoms with Crippen LogP contribution in [0.25, 0.3) is 10.9 Å². The number of aryl methyl sites for hydroxylation is 1. The van der Waals surface area contributed by atoms with Gasteiger partial charge in [0, 0.05) is 0 Å². The van der Waals surface area contributed by atoms with Crippen LogP contribution in [0.2, 0.25) is 5.02 Å². The van der Waals surface area contributed by atoms with Gasteiger partial charge in [0.1, 0.15) is 0 Å². The number of rotatable bonds is 0. The van der Waals surface area contributed by atoms with E-state index in [-0.39, 0.29) is 59.1 Å². The molecule has 2 rings (SSSR count). The van der Waals surface area contributed by atoms with Gasteiger partial charge in [0.2, 0.25) is 0 Å². The molecule has 0 N–H and O–H groups in total. The van der Waals surface area contributed by atoms with E-state index in [4.69, 9.17) is 11.6 Å². The zero-order valence-electron chi connectivity index (χ0n) is 6.95. The molecule has 0 saturated heterocycles. The molecule has 15 heavy (non-hydrogen) atoms. The Morgan fingerprint density at radius 3 is 2.53 bits per heavy atom. The molecule has 0 unspecified atom stereocenters. The first-order valence-corrected chi connectivity index (χ1v) is 5.11. The van der Waals surface area contributed by atoms with Crippen LogP contribution in [0.4, 0.5) is 0 Å². The number of hydrogen-bond donors (Lipinski definition) is 0. The molecule has 0 aliphatic heterocycles. The van der Waals surface area contributed by atoms with Crippen LogP contribution < -0.4 is 4.59 Å². The third-order valence-electron chi connectivity index (χ3n) is 1.75. The van der Waals surface area contributed by atoms with Crippen molar-refractivity contribution in [3.8, 4) is 0 Å². The molecule has 0 saturated carbocycles. The molecule has 2 nitrogen and oxygen atoms in total. The molecule has 0 aliphatic carbocycles. The van der Waals surface area contributed by atoms with Gasteiger partial charge in [-0.15, -0.1) is 0 Å². The summed E-state index contributed by atoms with van der Waals surface area (Å²) in [5.41, 5.74) is 0.938. The van der Waals surface area contributed by atoms with Gasteiger partial charge in [0.05, 0.1) is 0 Å². The fraction of sp³-hybridized carbons (Fsp3) is 0.111. The van der Waals surface area contributed by atoms with Crippen LogP contribution in [-0.2, 0) is 0 Å². The van der Waals surface area contributed by atoms with E-state index < -0.39 is 0 Å². The average molecular weight is 306 g/mol. The topological polar surface area (TPSA) is 25.8 Å². The minimum absolute atomic E-state index is 0. The number of aromatic nitrogens is 2. The van der Waals surface area contributed by atoms with Crippen molar-refractivity contribution in [1.82, 2.24) is 9.97 Å². The first-order valence-electron chi connectivity index (χ1n) is 3.80. The summed E-state index contributed by atoms with van der Waals surface area (Å²) >= 11 is 8.30. The molecule has 0 radical (unpaired) electrons. The van der Waals surface area contributed by atoms with Gasteiger partial charge in [-0.25, -0.2) is 0 Å². The summed E-state index contributed by atoms with van der Waals surface area (Å²) in [5.74, 6) is 0.783. The van der Waals surface area contributed by atoms with Gasteiger partial charge in [-0.1, -0.05) is 0 Å². The van der Waals surface area contributed by atoms with E-state index in [9.17, 15) is 0 Å². The number of halogens is 1. The molecular formula is C9H9ClN2Na2Se. The van der Waals surface area contributed by atoms with E-state index in [1.807, 2.05) is 25.1 Å². The Morgan fingerprint density at radius 1 is 1.20 bits per heavy atom. The summed E-state index contributed by atoms with van der Waals surface area (Å²) in [4.78, 5) is 8.54. The maximum absolute atomic E-state index is 5.87. The Balaban J connectivity index is 0.000000980. The summed E-state index contributed by atoms with van der Waals surface area (Å²) in [6.07, 6.45) is 0. The second-order valence-corrected chi connectivity index (χ2v) is 4.08. The molecule has 2 aromatic rings. The SMILES string of the molecule is Cc1nc([SeH])c2cc(Cl)ccc2n1.[NaH].[NaH]. The van der Waals surface area contributed by atoms with Gasteiger partial charge in [-0.05, 0) is 0 Å². The van der Waals surface area contributed by atoms with Gasteiger partial charge in [-0.3, -0.25) is 0 Å². The maximum atomic E-state index is 5.87. The van der Waals surface area contributed by atoms with E-state index >= 15 is 0 Å². The number of hydrogen-bond acceptors (Lipinski definition) is 2. The zero-order valence-corrected chi connectivity index (χ0v) is 9.58. The van der Waals surface area contributed by atoms with Crippen molar-refractivity contribution in [3.05, 3.63) is 29.0 Å². The molecule has 6 heteroatoms. The Morgan fingerprint density at radius 2 is 1.87 bits per heavy atom. The van der Waals surface area contributed by atoms with Crippen LogP contribution in [0.5, 0.6) is 0 Å². The third kappa shape index (κ3) is 3.95. The van der Waals surface area contributed by atoms with Crippen molar-refractivity contribution < 1.29 is 0 Å². The van der Waals surface area contributed by atoms with Crippen molar-refractivity contribution in [2.24, 2.45) is 0 Å². The molecule has 0 fully saturated rings. The second kappa shape index (κ2) is 6.95. The minimum atomic E-state index is 0. The Bertz CT molecular complexity index is 479. The summed E-state index contributed by atoms with van der Waals surface area (Å²) in [5, 5.41) is 1.71. The average Bonchev–Trinajstić information content (AvgIpc) is 2.06. The molecule has 0 spiro atoms. The molecular weight excluding hydrogens is 297 g/mol. The fourth-order valence-electron chi connectivity index (χ4n) is 1.20. The Labute approximate surface area is 146 Å². The Hall–Kier alpha value is 1.37. The molecule has 1 aromatic heterocycles. The zero-order chi connectivity index (χ0) is 9.42. The van der Waals surface area contributed by atoms with Crippen LogP contribution in [0.15, 0.2) is 18.2 Å². The fourth-order valence-corrected chi connectivity index (χ4v) is 2.05. The van der Waals surface area contributed by atoms with E-state index in [0.717, 1.165) is 21.3 Å². The predicted molar refractivity (Wildman–Crippen MR) is 70.4 cm³/mol. The summed E-state index contributed by atoms with van der Waals surface area (Å²) in [6, 6.07) is 5.62. The molecule has 1 aromatic carbocycles. The number of benzene rings is 1. The number of fused-ring (bicyclic) bond motifs is 1. The van der Waals surface area contributed by atoms with E-state index in [1.165, 1.54) is 0 Å². The van der Waals surface area contributed by atoms with Crippen LogP contribution in [0, 0.1) is 6.92 Å². The summed E-state index contributed by atoms with van der Waals surface area (Å²) in [6.45, 7) is 1.88. The van der Waals surface area contributed by atoms with Crippen molar-refractivity contribution in [2.75, 3.05) is 0 Å². The van der Waals surface area contributed by atoms with Gasteiger partial charge >= 0.3 is 148 Å². The molecule has 0 atom stereocenters. The standard InChI is InChI=1S/C9H7ClN2Se.2Na.2H/c1-5-11-8-3-2-6(10)4-7(8)9(13)12-5;;;;/h2-4H,1H3,(H,11,12,13);;;;. The summed E-state index contributed by atoms with van der Waals surface area (Å²) < 4.78 is 0.914. The monoisotopic (exact) mass is 306 g/mol. The third-order valence-corrected chi connectivity index (χ3v) is 2.70. The van der Waals surface area contributed by atoms with Crippen molar-refractivity contribution in [1.29, 1.82) is 0 Å². The summed E-state index contributed by atoms with van der Waals surface area (Å²) in [7, 11) is 0. The molecule has 70 valence electrons. The molecule has 0 amide bonds. The molecule has 1 heterocycles. The van der Waals surface area contributed by atoms with Gasteiger partial charge in [0.15, 0.2) is 0 Å². The van der Waals surface area contributed by atoms with Crippen molar-refractivity contribution >= 4 is 102 Å². The number of nitrogens with zero attached hydrogens (tertiary/aromatic N) is 2. The van der Waals surface area contributed by atoms with Crippen LogP contribution >= 0.6 is 11.6 Å². The van der Waals surface area contributed by atoms with Crippen LogP contribution in [0.1, 0.15) is 5.82 Å². The Kier molecular flexibility index (Phi) is 7.58. The van der Waals surface area contributed by atoms with E-state index in [1.54, 1.807) is 0 Å². The van der Waals surface area contributed by atoms with Crippen molar-refractivity contribution in [3.63, 3.8) is 0 Å². The molecule has 0 bridgehead atoms. The van der Waals surface area contributed by atoms with Gasteiger partial charge in [-0.2, -0.15) is 0 Å². The van der Waals surface area contributed by atoms with E-state index in [2.05, 4.69) is 26.0 Å². The van der Waals surface area contributed by atoms with Gasteiger partial charge in [0.25, 0.3) is 0 Å². The quantitative estimate of drug-likeness (QED) is 0.631. The normalized spacial score (nSPS) is 9.27. The first kappa shape index (κ1) is 16.4. The van der Waals surface area contributed by atoms with Crippen LogP contribution in [0.3, 0.4) is 0 Å². The van der Waals surface area contributed by atoms with Crippen molar-refractivity contribution in [2.45, 2.75) is 6.92 Å². The van der Waals surface area contributed by atoms with Gasteiger partial charge < -0.3 is 0 Å². The van der Waals surface area contributed by atoms with E-state index in [0.29, 0.717) is 5.02 Å². The second-order valence-electron chi connectivity index (χ2n) is 2.76. The van der Waals surface area contributed by atoms with Crippen LogP contribution in [-0.4, -0.2) is 85.1 Å².